The summed E-state index contributed by atoms with van der Waals surface area (Å²) in [4.78, 5) is 25.9. The monoisotopic (exact) mass is 437 g/mol. The Kier molecular flexibility index (Phi) is 5.73. The van der Waals surface area contributed by atoms with Crippen molar-refractivity contribution in [3.63, 3.8) is 0 Å². The number of benzene rings is 3. The molecular weight excluding hydrogens is 421 g/mol. The molecule has 4 rings (SSSR count). The summed E-state index contributed by atoms with van der Waals surface area (Å²) in [6, 6.07) is 19.1. The Bertz CT molecular complexity index is 1270. The molecule has 1 aromatic heterocycles. The molecule has 1 unspecified atom stereocenters. The van der Waals surface area contributed by atoms with Crippen LogP contribution >= 0.6 is 11.6 Å². The molecule has 1 N–H and O–H groups in total. The van der Waals surface area contributed by atoms with Gasteiger partial charge in [0, 0.05) is 16.0 Å². The van der Waals surface area contributed by atoms with Crippen molar-refractivity contribution < 1.29 is 23.1 Å². The van der Waals surface area contributed by atoms with Gasteiger partial charge in [-0.25, -0.2) is 4.39 Å². The van der Waals surface area contributed by atoms with E-state index in [-0.39, 0.29) is 17.2 Å². The fourth-order valence-corrected chi connectivity index (χ4v) is 3.20. The van der Waals surface area contributed by atoms with Crippen LogP contribution in [0.4, 0.5) is 10.1 Å². The highest BCUT2D eigenvalue weighted by atomic mass is 35.5. The molecular formula is C24H17ClFNO4. The summed E-state index contributed by atoms with van der Waals surface area (Å²) in [5.74, 6) is -1.60. The maximum absolute atomic E-state index is 13.9. The number of hydrogen-bond acceptors (Lipinski definition) is 4. The minimum absolute atomic E-state index is 0.0186. The number of hydrogen-bond donors (Lipinski definition) is 1. The van der Waals surface area contributed by atoms with E-state index >= 15 is 0 Å². The molecule has 156 valence electrons. The molecule has 1 amide bonds. The van der Waals surface area contributed by atoms with Crippen LogP contribution in [0.3, 0.4) is 0 Å². The summed E-state index contributed by atoms with van der Waals surface area (Å²) in [6.07, 6.45) is -1.02. The van der Waals surface area contributed by atoms with Crippen molar-refractivity contribution in [1.82, 2.24) is 0 Å². The van der Waals surface area contributed by atoms with Gasteiger partial charge in [-0.05, 0) is 55.5 Å². The first-order valence-electron chi connectivity index (χ1n) is 9.48. The zero-order valence-electron chi connectivity index (χ0n) is 16.4. The van der Waals surface area contributed by atoms with Gasteiger partial charge in [-0.3, -0.25) is 9.59 Å². The lowest BCUT2D eigenvalue weighted by atomic mass is 10.1. The zero-order valence-corrected chi connectivity index (χ0v) is 17.2. The summed E-state index contributed by atoms with van der Waals surface area (Å²) in [5, 5.41) is 3.76. The quantitative estimate of drug-likeness (QED) is 0.383. The van der Waals surface area contributed by atoms with Gasteiger partial charge in [-0.1, -0.05) is 35.9 Å². The second-order valence-corrected chi connectivity index (χ2v) is 7.25. The number of fused-ring (bicyclic) bond motifs is 1. The highest BCUT2D eigenvalue weighted by molar-refractivity contribution is 6.30. The standard InChI is InChI=1S/C24H17ClFNO4/c1-14(30-20-9-5-3-7-18(20)26)24(29)27-21-17-6-2-4-8-19(17)31-23(21)22(28)15-10-12-16(25)13-11-15/h2-14H,1H3,(H,27,29). The first kappa shape index (κ1) is 20.6. The molecule has 0 aliphatic carbocycles. The van der Waals surface area contributed by atoms with Crippen molar-refractivity contribution in [3.8, 4) is 5.75 Å². The normalized spacial score (nSPS) is 11.8. The van der Waals surface area contributed by atoms with E-state index < -0.39 is 23.6 Å². The number of halogens is 2. The summed E-state index contributed by atoms with van der Waals surface area (Å²) < 4.78 is 25.1. The fourth-order valence-electron chi connectivity index (χ4n) is 3.07. The number of nitrogens with one attached hydrogen (secondary N) is 1. The molecule has 0 aliphatic heterocycles. The molecule has 0 aliphatic rings. The Morgan fingerprint density at radius 3 is 2.42 bits per heavy atom. The molecule has 1 heterocycles. The van der Waals surface area contributed by atoms with E-state index in [0.717, 1.165) is 0 Å². The van der Waals surface area contributed by atoms with Crippen LogP contribution in [0.25, 0.3) is 11.0 Å². The molecule has 0 spiro atoms. The van der Waals surface area contributed by atoms with E-state index in [2.05, 4.69) is 5.32 Å². The van der Waals surface area contributed by atoms with Crippen molar-refractivity contribution >= 4 is 39.9 Å². The third-order valence-corrected chi connectivity index (χ3v) is 4.92. The van der Waals surface area contributed by atoms with E-state index in [1.54, 1.807) is 54.6 Å². The lowest BCUT2D eigenvalue weighted by Crippen LogP contribution is -2.30. The molecule has 5 nitrogen and oxygen atoms in total. The second-order valence-electron chi connectivity index (χ2n) is 6.82. The predicted molar refractivity (Wildman–Crippen MR) is 116 cm³/mol. The molecule has 0 bridgehead atoms. The van der Waals surface area contributed by atoms with Crippen molar-refractivity contribution in [1.29, 1.82) is 0 Å². The Morgan fingerprint density at radius 2 is 1.68 bits per heavy atom. The van der Waals surface area contributed by atoms with Gasteiger partial charge in [-0.15, -0.1) is 0 Å². The van der Waals surface area contributed by atoms with Crippen LogP contribution in [0.5, 0.6) is 5.75 Å². The number of carbonyl (C=O) groups is 2. The highest BCUT2D eigenvalue weighted by Crippen LogP contribution is 2.33. The number of amides is 1. The molecule has 4 aromatic rings. The number of ether oxygens (including phenoxy) is 1. The molecule has 3 aromatic carbocycles. The van der Waals surface area contributed by atoms with Gasteiger partial charge < -0.3 is 14.5 Å². The van der Waals surface area contributed by atoms with E-state index in [1.807, 2.05) is 0 Å². The highest BCUT2D eigenvalue weighted by Gasteiger charge is 2.25. The minimum atomic E-state index is -1.02. The zero-order chi connectivity index (χ0) is 22.0. The fraction of sp³-hybridized carbons (Fsp3) is 0.0833. The first-order chi connectivity index (χ1) is 14.9. The van der Waals surface area contributed by atoms with Crippen LogP contribution in [0.2, 0.25) is 5.02 Å². The first-order valence-corrected chi connectivity index (χ1v) is 9.85. The van der Waals surface area contributed by atoms with Gasteiger partial charge >= 0.3 is 0 Å². The summed E-state index contributed by atoms with van der Waals surface area (Å²) in [7, 11) is 0. The Hall–Kier alpha value is -3.64. The van der Waals surface area contributed by atoms with Crippen molar-refractivity contribution in [3.05, 3.63) is 95.0 Å². The van der Waals surface area contributed by atoms with Crippen LogP contribution < -0.4 is 10.1 Å². The number of carbonyl (C=O) groups excluding carboxylic acids is 2. The molecule has 0 radical (unpaired) electrons. The topological polar surface area (TPSA) is 68.5 Å². The second kappa shape index (κ2) is 8.62. The average Bonchev–Trinajstić information content (AvgIpc) is 3.13. The number of ketones is 1. The number of para-hydroxylation sites is 2. The van der Waals surface area contributed by atoms with E-state index in [4.69, 9.17) is 20.8 Å². The largest absolute Gasteiger partial charge is 0.478 e. The number of furan rings is 1. The summed E-state index contributed by atoms with van der Waals surface area (Å²) in [5.41, 5.74) is 1.02. The third-order valence-electron chi connectivity index (χ3n) is 4.67. The molecule has 0 fully saturated rings. The Balaban J connectivity index is 1.65. The van der Waals surface area contributed by atoms with Crippen LogP contribution in [0, 0.1) is 5.82 Å². The summed E-state index contributed by atoms with van der Waals surface area (Å²) in [6.45, 7) is 1.49. The molecule has 31 heavy (non-hydrogen) atoms. The SMILES string of the molecule is CC(Oc1ccccc1F)C(=O)Nc1c(C(=O)c2ccc(Cl)cc2)oc2ccccc12. The summed E-state index contributed by atoms with van der Waals surface area (Å²) >= 11 is 5.91. The van der Waals surface area contributed by atoms with E-state index in [9.17, 15) is 14.0 Å². The Morgan fingerprint density at radius 1 is 1.00 bits per heavy atom. The van der Waals surface area contributed by atoms with Gasteiger partial charge in [0.1, 0.15) is 5.58 Å². The average molecular weight is 438 g/mol. The van der Waals surface area contributed by atoms with Crippen LogP contribution in [-0.4, -0.2) is 17.8 Å². The molecule has 0 saturated carbocycles. The lowest BCUT2D eigenvalue weighted by molar-refractivity contribution is -0.122. The molecule has 0 saturated heterocycles. The maximum atomic E-state index is 13.9. The predicted octanol–water partition coefficient (Wildman–Crippen LogP) is 5.86. The van der Waals surface area contributed by atoms with Gasteiger partial charge in [-0.2, -0.15) is 0 Å². The molecule has 7 heteroatoms. The van der Waals surface area contributed by atoms with Crippen LogP contribution in [0.1, 0.15) is 23.0 Å². The van der Waals surface area contributed by atoms with Crippen LogP contribution in [-0.2, 0) is 4.79 Å². The van der Waals surface area contributed by atoms with E-state index in [0.29, 0.717) is 21.6 Å². The third kappa shape index (κ3) is 4.29. The smallest absolute Gasteiger partial charge is 0.265 e. The van der Waals surface area contributed by atoms with E-state index in [1.165, 1.54) is 25.1 Å². The number of rotatable bonds is 6. The van der Waals surface area contributed by atoms with Crippen molar-refractivity contribution in [2.24, 2.45) is 0 Å². The van der Waals surface area contributed by atoms with Gasteiger partial charge in [0.15, 0.2) is 23.4 Å². The lowest BCUT2D eigenvalue weighted by Gasteiger charge is -2.15. The number of anilines is 1. The molecule has 1 atom stereocenters. The van der Waals surface area contributed by atoms with Gasteiger partial charge in [0.05, 0.1) is 5.69 Å². The van der Waals surface area contributed by atoms with Gasteiger partial charge in [0.2, 0.25) is 5.78 Å². The minimum Gasteiger partial charge on any atom is -0.478 e. The van der Waals surface area contributed by atoms with Crippen molar-refractivity contribution in [2.75, 3.05) is 5.32 Å². The van der Waals surface area contributed by atoms with Crippen molar-refractivity contribution in [2.45, 2.75) is 13.0 Å². The maximum Gasteiger partial charge on any atom is 0.265 e. The van der Waals surface area contributed by atoms with Gasteiger partial charge in [0.25, 0.3) is 5.91 Å². The Labute approximate surface area is 182 Å². The van der Waals surface area contributed by atoms with Crippen LogP contribution in [0.15, 0.2) is 77.2 Å².